The maximum atomic E-state index is 14.0. The molecule has 5 rings (SSSR count). The molecule has 2 aromatic heterocycles. The third-order valence-corrected chi connectivity index (χ3v) is 5.17. The number of imidazole rings is 1. The molecule has 0 saturated heterocycles. The highest BCUT2D eigenvalue weighted by atomic mass is 35.5. The Morgan fingerprint density at radius 3 is 2.62 bits per heavy atom. The van der Waals surface area contributed by atoms with Gasteiger partial charge in [-0.15, -0.1) is 0 Å². The van der Waals surface area contributed by atoms with Crippen LogP contribution in [0.5, 0.6) is 0 Å². The van der Waals surface area contributed by atoms with Crippen molar-refractivity contribution in [2.45, 2.75) is 37.0 Å². The molecule has 1 aromatic carbocycles. The molecule has 0 spiro atoms. The number of nitrogens with zero attached hydrogens (tertiary/aromatic N) is 3. The van der Waals surface area contributed by atoms with E-state index < -0.39 is 11.6 Å². The minimum Gasteiger partial charge on any atom is -0.231 e. The minimum absolute atomic E-state index is 0.0361. The van der Waals surface area contributed by atoms with Crippen molar-refractivity contribution < 1.29 is 8.78 Å². The average Bonchev–Trinajstić information content (AvgIpc) is 3.44. The van der Waals surface area contributed by atoms with Crippen molar-refractivity contribution >= 4 is 17.2 Å². The molecule has 2 fully saturated rings. The SMILES string of the molecule is Fc1ccc([C@H]2C[C@@H]2c2cc(Cl)nn3cc(C4CC4)nc23)c(F)c1. The number of aromatic nitrogens is 3. The minimum atomic E-state index is -0.551. The Bertz CT molecular complexity index is 964. The van der Waals surface area contributed by atoms with Crippen molar-refractivity contribution in [2.24, 2.45) is 0 Å². The Labute approximate surface area is 142 Å². The molecular formula is C18H14ClF2N3. The van der Waals surface area contributed by atoms with Gasteiger partial charge in [-0.1, -0.05) is 17.7 Å². The van der Waals surface area contributed by atoms with Gasteiger partial charge in [-0.05, 0) is 48.8 Å². The second-order valence-corrected chi connectivity index (χ2v) is 7.13. The number of hydrogen-bond donors (Lipinski definition) is 0. The van der Waals surface area contributed by atoms with Crippen LogP contribution in [0.25, 0.3) is 5.65 Å². The molecule has 24 heavy (non-hydrogen) atoms. The van der Waals surface area contributed by atoms with E-state index >= 15 is 0 Å². The standard InChI is InChI=1S/C18H14ClF2N3/c19-17-7-14(18-22-16(9-1-2-9)8-24(18)23-17)13-6-12(13)11-4-3-10(20)5-15(11)21/h3-5,7-9,12-13H,1-2,6H2/t12-,13+/m1/s1. The highest BCUT2D eigenvalue weighted by Gasteiger charge is 2.43. The molecular weight excluding hydrogens is 332 g/mol. The Hall–Kier alpha value is -2.01. The summed E-state index contributed by atoms with van der Waals surface area (Å²) in [7, 11) is 0. The number of halogens is 3. The molecule has 2 aliphatic carbocycles. The zero-order chi connectivity index (χ0) is 16.4. The van der Waals surface area contributed by atoms with Gasteiger partial charge in [-0.25, -0.2) is 18.3 Å². The van der Waals surface area contributed by atoms with Crippen molar-refractivity contribution in [3.8, 4) is 0 Å². The lowest BCUT2D eigenvalue weighted by Gasteiger charge is -2.05. The van der Waals surface area contributed by atoms with Crippen molar-refractivity contribution in [1.29, 1.82) is 0 Å². The van der Waals surface area contributed by atoms with Gasteiger partial charge in [0.2, 0.25) is 0 Å². The molecule has 3 nitrogen and oxygen atoms in total. The molecule has 0 unspecified atom stereocenters. The first-order valence-electron chi connectivity index (χ1n) is 8.11. The summed E-state index contributed by atoms with van der Waals surface area (Å²) in [4.78, 5) is 4.73. The van der Waals surface area contributed by atoms with E-state index in [0.29, 0.717) is 16.6 Å². The smallest absolute Gasteiger partial charge is 0.157 e. The summed E-state index contributed by atoms with van der Waals surface area (Å²) in [6.45, 7) is 0. The lowest BCUT2D eigenvalue weighted by atomic mass is 10.1. The van der Waals surface area contributed by atoms with Crippen LogP contribution in [-0.2, 0) is 0 Å². The summed E-state index contributed by atoms with van der Waals surface area (Å²) in [5.41, 5.74) is 3.41. The number of rotatable bonds is 3. The van der Waals surface area contributed by atoms with Crippen LogP contribution in [0.3, 0.4) is 0 Å². The van der Waals surface area contributed by atoms with Crippen molar-refractivity contribution in [1.82, 2.24) is 14.6 Å². The fourth-order valence-electron chi connectivity index (χ4n) is 3.52. The predicted octanol–water partition coefficient (Wildman–Crippen LogP) is 4.81. The van der Waals surface area contributed by atoms with Crippen LogP contribution in [0, 0.1) is 11.6 Å². The predicted molar refractivity (Wildman–Crippen MR) is 86.4 cm³/mol. The Balaban J connectivity index is 1.55. The summed E-state index contributed by atoms with van der Waals surface area (Å²) in [5, 5.41) is 4.71. The maximum Gasteiger partial charge on any atom is 0.157 e. The number of fused-ring (bicyclic) bond motifs is 1. The van der Waals surface area contributed by atoms with E-state index in [9.17, 15) is 8.78 Å². The molecule has 0 aliphatic heterocycles. The van der Waals surface area contributed by atoms with E-state index in [2.05, 4.69) is 5.10 Å². The van der Waals surface area contributed by atoms with Gasteiger partial charge in [0.15, 0.2) is 5.65 Å². The normalized spacial score (nSPS) is 23.0. The van der Waals surface area contributed by atoms with Crippen LogP contribution in [-0.4, -0.2) is 14.6 Å². The topological polar surface area (TPSA) is 30.2 Å². The molecule has 2 saturated carbocycles. The largest absolute Gasteiger partial charge is 0.231 e. The molecule has 0 bridgehead atoms. The van der Waals surface area contributed by atoms with E-state index in [1.165, 1.54) is 25.0 Å². The van der Waals surface area contributed by atoms with Crippen LogP contribution < -0.4 is 0 Å². The molecule has 2 atom stereocenters. The molecule has 6 heteroatoms. The van der Waals surface area contributed by atoms with E-state index in [0.717, 1.165) is 29.4 Å². The zero-order valence-corrected chi connectivity index (χ0v) is 13.5. The van der Waals surface area contributed by atoms with E-state index in [1.54, 1.807) is 4.52 Å². The highest BCUT2D eigenvalue weighted by Crippen LogP contribution is 2.56. The Kier molecular flexibility index (Phi) is 2.98. The third kappa shape index (κ3) is 2.30. The fraction of sp³-hybridized carbons (Fsp3) is 0.333. The van der Waals surface area contributed by atoms with Crippen molar-refractivity contribution in [2.75, 3.05) is 0 Å². The Morgan fingerprint density at radius 1 is 1.08 bits per heavy atom. The van der Waals surface area contributed by atoms with Crippen LogP contribution in [0.1, 0.15) is 53.8 Å². The summed E-state index contributed by atoms with van der Waals surface area (Å²) >= 11 is 6.16. The maximum absolute atomic E-state index is 14.0. The first-order valence-corrected chi connectivity index (χ1v) is 8.48. The second-order valence-electron chi connectivity index (χ2n) is 6.75. The first-order chi connectivity index (χ1) is 11.6. The zero-order valence-electron chi connectivity index (χ0n) is 12.7. The molecule has 0 radical (unpaired) electrons. The van der Waals surface area contributed by atoms with E-state index in [1.807, 2.05) is 12.3 Å². The molecule has 2 aliphatic rings. The van der Waals surface area contributed by atoms with Gasteiger partial charge in [0.05, 0.1) is 11.9 Å². The number of benzene rings is 1. The van der Waals surface area contributed by atoms with Gasteiger partial charge in [-0.2, -0.15) is 5.10 Å². The lowest BCUT2D eigenvalue weighted by Crippen LogP contribution is -1.97. The van der Waals surface area contributed by atoms with Gasteiger partial charge in [0.25, 0.3) is 0 Å². The van der Waals surface area contributed by atoms with Crippen LogP contribution in [0.15, 0.2) is 30.5 Å². The second kappa shape index (κ2) is 4.99. The van der Waals surface area contributed by atoms with Crippen molar-refractivity contribution in [3.05, 3.63) is 64.1 Å². The lowest BCUT2D eigenvalue weighted by molar-refractivity contribution is 0.572. The number of hydrogen-bond acceptors (Lipinski definition) is 2. The quantitative estimate of drug-likeness (QED) is 0.682. The summed E-state index contributed by atoms with van der Waals surface area (Å²) in [6.07, 6.45) is 5.09. The van der Waals surface area contributed by atoms with Gasteiger partial charge in [-0.3, -0.25) is 0 Å². The fourth-order valence-corrected chi connectivity index (χ4v) is 3.72. The van der Waals surface area contributed by atoms with E-state index in [-0.39, 0.29) is 11.8 Å². The van der Waals surface area contributed by atoms with Crippen molar-refractivity contribution in [3.63, 3.8) is 0 Å². The van der Waals surface area contributed by atoms with Gasteiger partial charge < -0.3 is 0 Å². The van der Waals surface area contributed by atoms with E-state index in [4.69, 9.17) is 16.6 Å². The summed E-state index contributed by atoms with van der Waals surface area (Å²) in [6, 6.07) is 5.62. The van der Waals surface area contributed by atoms with Gasteiger partial charge in [0.1, 0.15) is 16.8 Å². The summed E-state index contributed by atoms with van der Waals surface area (Å²) in [5.74, 6) is -0.329. The average molecular weight is 346 g/mol. The van der Waals surface area contributed by atoms with Gasteiger partial charge in [0, 0.05) is 17.5 Å². The Morgan fingerprint density at radius 2 is 1.88 bits per heavy atom. The molecule has 122 valence electrons. The van der Waals surface area contributed by atoms with Crippen LogP contribution in [0.2, 0.25) is 5.15 Å². The first kappa shape index (κ1) is 14.3. The third-order valence-electron chi connectivity index (χ3n) is 4.99. The molecule has 0 amide bonds. The highest BCUT2D eigenvalue weighted by molar-refractivity contribution is 6.29. The van der Waals surface area contributed by atoms with Crippen LogP contribution >= 0.6 is 11.6 Å². The molecule has 2 heterocycles. The van der Waals surface area contributed by atoms with Crippen LogP contribution in [0.4, 0.5) is 8.78 Å². The molecule has 0 N–H and O–H groups in total. The summed E-state index contributed by atoms with van der Waals surface area (Å²) < 4.78 is 28.9. The van der Waals surface area contributed by atoms with Gasteiger partial charge >= 0.3 is 0 Å². The monoisotopic (exact) mass is 345 g/mol. The molecule has 3 aromatic rings.